The summed E-state index contributed by atoms with van der Waals surface area (Å²) < 4.78 is 15.6. The molecule has 0 saturated carbocycles. The number of nitrogens with one attached hydrogen (secondary N) is 1. The number of hydrogen-bond donors (Lipinski definition) is 1. The molecule has 0 bridgehead atoms. The van der Waals surface area contributed by atoms with Crippen molar-refractivity contribution < 1.29 is 4.39 Å². The average Bonchev–Trinajstić information content (AvgIpc) is 3.42. The molecule has 0 spiro atoms. The summed E-state index contributed by atoms with van der Waals surface area (Å²) in [5.74, 6) is 0.629. The molecule has 0 amide bonds. The van der Waals surface area contributed by atoms with Crippen LogP contribution in [0.3, 0.4) is 0 Å². The first-order chi connectivity index (χ1) is 13.7. The summed E-state index contributed by atoms with van der Waals surface area (Å²) in [6.45, 7) is 0.553. The minimum Gasteiger partial charge on any atom is -0.346 e. The van der Waals surface area contributed by atoms with Crippen LogP contribution in [0.5, 0.6) is 0 Å². The number of H-pyrrole nitrogens is 1. The molecule has 5 rings (SSSR count). The van der Waals surface area contributed by atoms with Crippen molar-refractivity contribution in [2.24, 2.45) is 12.0 Å². The highest BCUT2D eigenvalue weighted by molar-refractivity contribution is 5.88. The summed E-state index contributed by atoms with van der Waals surface area (Å²) >= 11 is 0. The number of rotatable bonds is 2. The van der Waals surface area contributed by atoms with Crippen molar-refractivity contribution in [3.8, 4) is 0 Å². The molecule has 3 aromatic heterocycles. The Morgan fingerprint density at radius 2 is 2.18 bits per heavy atom. The third-order valence-corrected chi connectivity index (χ3v) is 4.93. The number of hydrogen-bond acceptors (Lipinski definition) is 4. The molecule has 3 aromatic rings. The Bertz CT molecular complexity index is 1270. The summed E-state index contributed by atoms with van der Waals surface area (Å²) in [5, 5.41) is 10.4. The predicted octanol–water partition coefficient (Wildman–Crippen LogP) is 1.66. The smallest absolute Gasteiger partial charge is 0.137 e. The zero-order valence-corrected chi connectivity index (χ0v) is 15.3. The lowest BCUT2D eigenvalue weighted by molar-refractivity contribution is 0.634. The maximum atomic E-state index is 13.5. The SMILES string of the molecule is Cn1ncc(Cn2cnc(=C3C=CC(F)=CC3)c2=C2CC=Nc3[nH]ccc32)n1. The van der Waals surface area contributed by atoms with Gasteiger partial charge in [0.2, 0.25) is 0 Å². The van der Waals surface area contributed by atoms with Gasteiger partial charge in [-0.15, -0.1) is 0 Å². The molecule has 0 unspecified atom stereocenters. The molecular weight excluding hydrogens is 357 g/mol. The van der Waals surface area contributed by atoms with Crippen LogP contribution in [0.2, 0.25) is 0 Å². The Hall–Kier alpha value is -3.55. The molecular formula is C20H18FN7. The summed E-state index contributed by atoms with van der Waals surface area (Å²) in [5.41, 5.74) is 4.04. The fraction of sp³-hybridized carbons (Fsp3) is 0.200. The van der Waals surface area contributed by atoms with E-state index in [2.05, 4.69) is 24.7 Å². The highest BCUT2D eigenvalue weighted by Gasteiger charge is 2.17. The van der Waals surface area contributed by atoms with Crippen molar-refractivity contribution in [3.63, 3.8) is 0 Å². The topological polar surface area (TPSA) is 76.7 Å². The lowest BCUT2D eigenvalue weighted by atomic mass is 10.0. The standard InChI is InChI=1S/C20H18FN7/c1-27-25-10-15(26-27)11-28-12-24-18(13-2-4-14(21)5-3-13)19(28)16-6-8-22-20-17(16)7-9-23-20/h2,4-5,7-10,12,23H,3,6,11H2,1H3. The van der Waals surface area contributed by atoms with Crippen molar-refractivity contribution in [2.45, 2.75) is 19.4 Å². The molecule has 0 saturated heterocycles. The number of allylic oxidation sites excluding steroid dienone is 4. The largest absolute Gasteiger partial charge is 0.346 e. The summed E-state index contributed by atoms with van der Waals surface area (Å²) in [4.78, 5) is 13.9. The number of aryl methyl sites for hydroxylation is 1. The van der Waals surface area contributed by atoms with Crippen LogP contribution in [0.4, 0.5) is 10.2 Å². The van der Waals surface area contributed by atoms with Gasteiger partial charge in [0.25, 0.3) is 0 Å². The molecule has 0 fully saturated rings. The first kappa shape index (κ1) is 16.6. The Kier molecular flexibility index (Phi) is 3.89. The van der Waals surface area contributed by atoms with Gasteiger partial charge in [0.15, 0.2) is 0 Å². The molecule has 1 N–H and O–H groups in total. The van der Waals surface area contributed by atoms with Crippen LogP contribution in [-0.4, -0.2) is 35.7 Å². The number of halogens is 1. The summed E-state index contributed by atoms with van der Waals surface area (Å²) in [6.07, 6.45) is 13.5. The van der Waals surface area contributed by atoms with E-state index in [0.717, 1.165) is 38.9 Å². The molecule has 2 aliphatic rings. The molecule has 1 aliphatic heterocycles. The Morgan fingerprint density at radius 3 is 2.96 bits per heavy atom. The second kappa shape index (κ2) is 6.56. The van der Waals surface area contributed by atoms with Crippen LogP contribution < -0.4 is 10.7 Å². The molecule has 8 heteroatoms. The van der Waals surface area contributed by atoms with Gasteiger partial charge in [-0.05, 0) is 35.8 Å². The van der Waals surface area contributed by atoms with Crippen LogP contribution >= 0.6 is 0 Å². The van der Waals surface area contributed by atoms with Crippen LogP contribution in [0.25, 0.3) is 11.1 Å². The Morgan fingerprint density at radius 1 is 1.25 bits per heavy atom. The molecule has 0 aromatic carbocycles. The van der Waals surface area contributed by atoms with Crippen molar-refractivity contribution in [1.29, 1.82) is 0 Å². The van der Waals surface area contributed by atoms with Crippen molar-refractivity contribution in [2.75, 3.05) is 0 Å². The highest BCUT2D eigenvalue weighted by Crippen LogP contribution is 2.28. The Balaban J connectivity index is 1.77. The van der Waals surface area contributed by atoms with Gasteiger partial charge >= 0.3 is 0 Å². The second-order valence-electron chi connectivity index (χ2n) is 6.78. The van der Waals surface area contributed by atoms with E-state index in [9.17, 15) is 4.39 Å². The van der Waals surface area contributed by atoms with E-state index < -0.39 is 0 Å². The highest BCUT2D eigenvalue weighted by atomic mass is 19.1. The van der Waals surface area contributed by atoms with Gasteiger partial charge in [-0.3, -0.25) is 0 Å². The fourth-order valence-electron chi connectivity index (χ4n) is 3.66. The van der Waals surface area contributed by atoms with E-state index >= 15 is 0 Å². The third kappa shape index (κ3) is 2.83. The first-order valence-corrected chi connectivity index (χ1v) is 9.06. The Labute approximate surface area is 159 Å². The maximum absolute atomic E-state index is 13.5. The average molecular weight is 375 g/mol. The van der Waals surface area contributed by atoms with Gasteiger partial charge in [-0.2, -0.15) is 15.0 Å². The molecule has 4 heterocycles. The van der Waals surface area contributed by atoms with Crippen molar-refractivity contribution in [1.82, 2.24) is 29.5 Å². The van der Waals surface area contributed by atoms with Gasteiger partial charge in [-0.25, -0.2) is 14.4 Å². The van der Waals surface area contributed by atoms with Crippen molar-refractivity contribution in [3.05, 3.63) is 70.8 Å². The molecule has 140 valence electrons. The van der Waals surface area contributed by atoms with Gasteiger partial charge in [0.05, 0.1) is 29.8 Å². The lowest BCUT2D eigenvalue weighted by Gasteiger charge is -2.11. The normalized spacial score (nSPS) is 19.7. The number of fused-ring (bicyclic) bond motifs is 1. The monoisotopic (exact) mass is 375 g/mol. The predicted molar refractivity (Wildman–Crippen MR) is 104 cm³/mol. The molecule has 0 atom stereocenters. The third-order valence-electron chi connectivity index (χ3n) is 4.93. The van der Waals surface area contributed by atoms with Crippen molar-refractivity contribution >= 4 is 23.2 Å². The van der Waals surface area contributed by atoms with E-state index in [4.69, 9.17) is 4.98 Å². The van der Waals surface area contributed by atoms with E-state index in [1.54, 1.807) is 24.1 Å². The van der Waals surface area contributed by atoms with E-state index in [1.165, 1.54) is 6.08 Å². The molecule has 1 aliphatic carbocycles. The minimum absolute atomic E-state index is 0.213. The van der Waals surface area contributed by atoms with E-state index in [-0.39, 0.29) is 5.83 Å². The number of aromatic nitrogens is 6. The lowest BCUT2D eigenvalue weighted by Crippen LogP contribution is -2.35. The number of imidazole rings is 1. The molecule has 7 nitrogen and oxygen atoms in total. The zero-order valence-electron chi connectivity index (χ0n) is 15.3. The molecule has 0 radical (unpaired) electrons. The maximum Gasteiger partial charge on any atom is 0.137 e. The molecule has 28 heavy (non-hydrogen) atoms. The van der Waals surface area contributed by atoms with Gasteiger partial charge in [0.1, 0.15) is 17.3 Å². The van der Waals surface area contributed by atoms with Crippen LogP contribution in [-0.2, 0) is 13.6 Å². The number of nitrogens with zero attached hydrogens (tertiary/aromatic N) is 6. The van der Waals surface area contributed by atoms with Crippen LogP contribution in [0.15, 0.2) is 53.8 Å². The fourth-order valence-corrected chi connectivity index (χ4v) is 3.66. The zero-order chi connectivity index (χ0) is 19.1. The second-order valence-corrected chi connectivity index (χ2v) is 6.78. The number of aromatic amines is 1. The summed E-state index contributed by atoms with van der Waals surface area (Å²) in [6, 6.07) is 2.03. The number of aliphatic imine (C=N–C) groups is 1. The van der Waals surface area contributed by atoms with E-state index in [0.29, 0.717) is 19.4 Å². The van der Waals surface area contributed by atoms with Crippen LogP contribution in [0.1, 0.15) is 24.1 Å². The first-order valence-electron chi connectivity index (χ1n) is 9.06. The minimum atomic E-state index is -0.213. The van der Waals surface area contributed by atoms with E-state index in [1.807, 2.05) is 30.9 Å². The van der Waals surface area contributed by atoms with Crippen LogP contribution in [0, 0.1) is 0 Å². The van der Waals surface area contributed by atoms with Gasteiger partial charge < -0.3 is 9.55 Å². The van der Waals surface area contributed by atoms with Gasteiger partial charge in [0, 0.05) is 31.4 Å². The van der Waals surface area contributed by atoms with Gasteiger partial charge in [-0.1, -0.05) is 6.08 Å². The summed E-state index contributed by atoms with van der Waals surface area (Å²) in [7, 11) is 1.80. The quantitative estimate of drug-likeness (QED) is 0.740.